The van der Waals surface area contributed by atoms with Crippen molar-refractivity contribution in [1.82, 2.24) is 10.3 Å². The van der Waals surface area contributed by atoms with Crippen LogP contribution in [0, 0.1) is 5.92 Å². The van der Waals surface area contributed by atoms with Crippen LogP contribution < -0.4 is 16.0 Å². The number of nitrogens with zero attached hydrogens (tertiary/aromatic N) is 2. The second-order valence-electron chi connectivity index (χ2n) is 11.1. The first kappa shape index (κ1) is 29.0. The molecule has 1 aliphatic heterocycles. The van der Waals surface area contributed by atoms with Crippen molar-refractivity contribution < 1.29 is 24.3 Å². The van der Waals surface area contributed by atoms with Crippen molar-refractivity contribution in [2.24, 2.45) is 11.1 Å². The minimum absolute atomic E-state index is 0.0197. The summed E-state index contributed by atoms with van der Waals surface area (Å²) in [5, 5.41) is 21.9. The van der Waals surface area contributed by atoms with Crippen LogP contribution in [0.1, 0.15) is 82.3 Å². The summed E-state index contributed by atoms with van der Waals surface area (Å²) in [5.41, 5.74) is 3.25. The van der Waals surface area contributed by atoms with Gasteiger partial charge in [0.2, 0.25) is 5.91 Å². The quantitative estimate of drug-likeness (QED) is 0.277. The molecule has 40 heavy (non-hydrogen) atoms. The van der Waals surface area contributed by atoms with Gasteiger partial charge in [-0.2, -0.15) is 0 Å². The number of carboxylic acids is 1. The Kier molecular flexibility index (Phi) is 10.1. The molecule has 2 aliphatic rings. The number of urea groups is 1. The topological polar surface area (TPSA) is 142 Å². The maximum atomic E-state index is 12.9. The number of aromatic nitrogens is 1. The molecule has 3 amide bonds. The van der Waals surface area contributed by atoms with Gasteiger partial charge in [-0.3, -0.25) is 14.9 Å². The first-order valence-corrected chi connectivity index (χ1v) is 14.1. The first-order valence-electron chi connectivity index (χ1n) is 14.1. The Morgan fingerprint density at radius 3 is 2.52 bits per heavy atom. The number of anilines is 2. The number of pyridine rings is 1. The van der Waals surface area contributed by atoms with Crippen molar-refractivity contribution in [2.75, 3.05) is 10.6 Å². The lowest BCUT2D eigenvalue weighted by Crippen LogP contribution is -2.42. The van der Waals surface area contributed by atoms with Crippen LogP contribution in [0.3, 0.4) is 0 Å². The van der Waals surface area contributed by atoms with Gasteiger partial charge >= 0.3 is 12.0 Å². The molecule has 2 unspecified atom stereocenters. The summed E-state index contributed by atoms with van der Waals surface area (Å²) in [5.74, 6) is 0.341. The van der Waals surface area contributed by atoms with E-state index in [4.69, 9.17) is 9.94 Å². The van der Waals surface area contributed by atoms with E-state index >= 15 is 0 Å². The third-order valence-electron chi connectivity index (χ3n) is 7.32. The summed E-state index contributed by atoms with van der Waals surface area (Å²) in [6, 6.07) is 10.5. The van der Waals surface area contributed by atoms with Crippen molar-refractivity contribution >= 4 is 35.1 Å². The highest BCUT2D eigenvalue weighted by Gasteiger charge is 2.29. The van der Waals surface area contributed by atoms with E-state index in [1.807, 2.05) is 24.3 Å². The Labute approximate surface area is 235 Å². The van der Waals surface area contributed by atoms with Gasteiger partial charge in [0.05, 0.1) is 18.2 Å². The number of oxime groups is 1. The highest BCUT2D eigenvalue weighted by molar-refractivity contribution is 5.99. The summed E-state index contributed by atoms with van der Waals surface area (Å²) in [4.78, 5) is 46.2. The molecule has 0 radical (unpaired) electrons. The molecule has 10 heteroatoms. The van der Waals surface area contributed by atoms with E-state index < -0.39 is 5.97 Å². The summed E-state index contributed by atoms with van der Waals surface area (Å²) in [7, 11) is 0. The Morgan fingerprint density at radius 1 is 1.07 bits per heavy atom. The fraction of sp³-hybridized carbons (Fsp3) is 0.500. The monoisotopic (exact) mass is 549 g/mol. The molecule has 1 aromatic carbocycles. The average Bonchev–Trinajstić information content (AvgIpc) is 3.61. The lowest BCUT2D eigenvalue weighted by Gasteiger charge is -2.20. The van der Waals surface area contributed by atoms with Crippen LogP contribution in [-0.2, 0) is 20.8 Å². The number of hydrogen-bond donors (Lipinski definition) is 4. The molecule has 1 saturated carbocycles. The molecule has 4 rings (SSSR count). The first-order chi connectivity index (χ1) is 19.3. The van der Waals surface area contributed by atoms with E-state index in [0.717, 1.165) is 29.7 Å². The fourth-order valence-corrected chi connectivity index (χ4v) is 5.34. The van der Waals surface area contributed by atoms with Gasteiger partial charge in [-0.1, -0.05) is 50.0 Å². The van der Waals surface area contributed by atoms with E-state index in [9.17, 15) is 14.4 Å². The molecular formula is C30H39N5O5. The maximum absolute atomic E-state index is 12.9. The highest BCUT2D eigenvalue weighted by Crippen LogP contribution is 2.36. The number of carbonyl (C=O) groups excluding carboxylic acids is 2. The predicted molar refractivity (Wildman–Crippen MR) is 153 cm³/mol. The zero-order valence-corrected chi connectivity index (χ0v) is 23.2. The second kappa shape index (κ2) is 13.9. The normalized spacial score (nSPS) is 17.7. The number of hydrogen-bond acceptors (Lipinski definition) is 6. The van der Waals surface area contributed by atoms with Crippen LogP contribution in [0.5, 0.6) is 0 Å². The highest BCUT2D eigenvalue weighted by atomic mass is 16.6. The molecular weight excluding hydrogens is 510 g/mol. The van der Waals surface area contributed by atoms with Gasteiger partial charge in [-0.15, -0.1) is 0 Å². The van der Waals surface area contributed by atoms with E-state index in [0.29, 0.717) is 42.6 Å². The third-order valence-corrected chi connectivity index (χ3v) is 7.32. The molecule has 1 aliphatic carbocycles. The number of carboxylic acid groups (broad SMARTS) is 1. The van der Waals surface area contributed by atoms with Gasteiger partial charge in [0.1, 0.15) is 11.9 Å². The Hall–Kier alpha value is -3.95. The predicted octanol–water partition coefficient (Wildman–Crippen LogP) is 5.47. The van der Waals surface area contributed by atoms with Gasteiger partial charge in [-0.25, -0.2) is 9.78 Å². The number of carbonyl (C=O) groups is 3. The second-order valence-corrected chi connectivity index (χ2v) is 11.1. The molecule has 0 spiro atoms. The van der Waals surface area contributed by atoms with Gasteiger partial charge in [0.25, 0.3) is 0 Å². The number of amides is 3. The molecule has 1 aromatic heterocycles. The van der Waals surface area contributed by atoms with Gasteiger partial charge in [0, 0.05) is 24.7 Å². The molecule has 10 nitrogen and oxygen atoms in total. The Balaban J connectivity index is 1.28. The van der Waals surface area contributed by atoms with Crippen LogP contribution in [0.15, 0.2) is 47.8 Å². The summed E-state index contributed by atoms with van der Waals surface area (Å²) in [6.45, 7) is 4.14. The van der Waals surface area contributed by atoms with Crippen molar-refractivity contribution in [1.29, 1.82) is 0 Å². The average molecular weight is 550 g/mol. The molecule has 214 valence electrons. The van der Waals surface area contributed by atoms with Crippen LogP contribution in [-0.4, -0.2) is 45.9 Å². The minimum Gasteiger partial charge on any atom is -0.481 e. The van der Waals surface area contributed by atoms with E-state index in [1.54, 1.807) is 18.3 Å². The maximum Gasteiger partial charge on any atom is 0.324 e. The van der Waals surface area contributed by atoms with Crippen LogP contribution in [0.25, 0.3) is 0 Å². The van der Waals surface area contributed by atoms with E-state index in [1.165, 1.54) is 12.8 Å². The van der Waals surface area contributed by atoms with Crippen molar-refractivity contribution in [3.05, 3.63) is 53.7 Å². The fourth-order valence-electron chi connectivity index (χ4n) is 5.34. The van der Waals surface area contributed by atoms with Crippen LogP contribution in [0.2, 0.25) is 0 Å². The van der Waals surface area contributed by atoms with Crippen molar-refractivity contribution in [2.45, 2.75) is 89.7 Å². The van der Waals surface area contributed by atoms with Gasteiger partial charge < -0.3 is 20.6 Å². The van der Waals surface area contributed by atoms with Crippen molar-refractivity contribution in [3.63, 3.8) is 0 Å². The lowest BCUT2D eigenvalue weighted by molar-refractivity contribution is -0.137. The summed E-state index contributed by atoms with van der Waals surface area (Å²) in [6.07, 6.45) is 7.83. The number of aliphatic carboxylic acids is 1. The molecule has 0 bridgehead atoms. The number of rotatable bonds is 12. The smallest absolute Gasteiger partial charge is 0.324 e. The zero-order chi connectivity index (χ0) is 28.5. The number of benzene rings is 1. The van der Waals surface area contributed by atoms with E-state index in [-0.39, 0.29) is 36.9 Å². The largest absolute Gasteiger partial charge is 0.481 e. The number of nitrogens with one attached hydrogen (secondary N) is 3. The van der Waals surface area contributed by atoms with Crippen molar-refractivity contribution in [3.8, 4) is 0 Å². The molecule has 2 atom stereocenters. The Morgan fingerprint density at radius 2 is 1.82 bits per heavy atom. The zero-order valence-electron chi connectivity index (χ0n) is 23.2. The van der Waals surface area contributed by atoms with Crippen LogP contribution in [0.4, 0.5) is 16.3 Å². The summed E-state index contributed by atoms with van der Waals surface area (Å²) >= 11 is 0. The van der Waals surface area contributed by atoms with Crippen LogP contribution >= 0.6 is 0 Å². The summed E-state index contributed by atoms with van der Waals surface area (Å²) < 4.78 is 0. The third kappa shape index (κ3) is 8.53. The molecule has 4 N–H and O–H groups in total. The molecule has 0 saturated heterocycles. The molecule has 1 fully saturated rings. The molecule has 2 aromatic rings. The van der Waals surface area contributed by atoms with Gasteiger partial charge in [-0.05, 0) is 66.8 Å². The van der Waals surface area contributed by atoms with E-state index in [2.05, 4.69) is 39.9 Å². The standard InChI is InChI=1S/C30H39N5O5/c1-19(2)16-25(26-18-23(40-35-26)13-14-28(37)38)33-27(36)17-20-9-11-22(12-10-20)32-30(39)34-29-24(8-5-15-31-29)21-6-3-4-7-21/h5,8-12,15,19,21,23,25H,3-4,6-7,13-14,16-18H2,1-2H3,(H,33,36)(H,37,38)(H2,31,32,34,39). The Bertz CT molecular complexity index is 1210. The minimum atomic E-state index is -0.868. The van der Waals surface area contributed by atoms with Gasteiger partial charge in [0.15, 0.2) is 0 Å². The SMILES string of the molecule is CC(C)CC(NC(=O)Cc1ccc(NC(=O)Nc2ncccc2C2CCCC2)cc1)C1=NOC(CCC(=O)O)C1. The molecule has 2 heterocycles. The lowest BCUT2D eigenvalue weighted by atomic mass is 9.95.